The quantitative estimate of drug-likeness (QED) is 0.689. The summed E-state index contributed by atoms with van der Waals surface area (Å²) in [7, 11) is 5.56. The van der Waals surface area contributed by atoms with Crippen LogP contribution >= 0.6 is 11.8 Å². The molecule has 0 spiro atoms. The molecule has 0 fully saturated rings. The largest absolute Gasteiger partial charge is 0.348 e. The lowest BCUT2D eigenvalue weighted by Gasteiger charge is -2.20. The minimum absolute atomic E-state index is 0.0632. The molecule has 0 saturated heterocycles. The second-order valence-electron chi connectivity index (χ2n) is 5.58. The van der Waals surface area contributed by atoms with E-state index in [9.17, 15) is 4.79 Å². The van der Waals surface area contributed by atoms with Gasteiger partial charge in [-0.05, 0) is 17.7 Å². The van der Waals surface area contributed by atoms with Crippen LogP contribution in [0.3, 0.4) is 0 Å². The van der Waals surface area contributed by atoms with Gasteiger partial charge in [-0.3, -0.25) is 4.79 Å². The first kappa shape index (κ1) is 15.6. The maximum Gasteiger partial charge on any atom is 0.240 e. The highest BCUT2D eigenvalue weighted by atomic mass is 32.2. The highest BCUT2D eigenvalue weighted by molar-refractivity contribution is 8.00. The van der Waals surface area contributed by atoms with Crippen molar-refractivity contribution >= 4 is 28.7 Å². The molecule has 0 bridgehead atoms. The van der Waals surface area contributed by atoms with Crippen molar-refractivity contribution in [2.45, 2.75) is 10.4 Å². The molecule has 1 atom stereocenters. The van der Waals surface area contributed by atoms with Gasteiger partial charge in [0, 0.05) is 21.1 Å². The first-order valence-corrected chi connectivity index (χ1v) is 8.30. The lowest BCUT2D eigenvalue weighted by atomic mass is 10.1. The Kier molecular flexibility index (Phi) is 4.39. The van der Waals surface area contributed by atoms with Crippen molar-refractivity contribution in [1.29, 1.82) is 0 Å². The van der Waals surface area contributed by atoms with Crippen molar-refractivity contribution in [3.05, 3.63) is 60.2 Å². The Balaban J connectivity index is 2.00. The number of thioether (sulfide) groups is 1. The van der Waals surface area contributed by atoms with E-state index in [0.717, 1.165) is 21.8 Å². The maximum atomic E-state index is 12.6. The summed E-state index contributed by atoms with van der Waals surface area (Å²) in [5.74, 6) is 0.0632. The summed E-state index contributed by atoms with van der Waals surface area (Å²) in [6, 6.07) is 17.9. The topological polar surface area (TPSA) is 38.1 Å². The van der Waals surface area contributed by atoms with Gasteiger partial charge in [-0.15, -0.1) is 0 Å². The predicted molar refractivity (Wildman–Crippen MR) is 94.4 cm³/mol. The molecule has 0 aliphatic rings. The van der Waals surface area contributed by atoms with E-state index in [-0.39, 0.29) is 11.2 Å². The van der Waals surface area contributed by atoms with Gasteiger partial charge < -0.3 is 9.47 Å². The number of hydrogen-bond donors (Lipinski definition) is 0. The van der Waals surface area contributed by atoms with Gasteiger partial charge in [-0.1, -0.05) is 54.2 Å². The average Bonchev–Trinajstić information content (AvgIpc) is 2.89. The molecule has 23 heavy (non-hydrogen) atoms. The Hall–Kier alpha value is -2.27. The van der Waals surface area contributed by atoms with E-state index < -0.39 is 0 Å². The number of amides is 1. The Morgan fingerprint density at radius 3 is 2.39 bits per heavy atom. The number of para-hydroxylation sites is 2. The van der Waals surface area contributed by atoms with E-state index in [0.29, 0.717) is 0 Å². The molecular weight excluding hydrogens is 306 g/mol. The summed E-state index contributed by atoms with van der Waals surface area (Å²) < 4.78 is 2.04. The molecule has 0 saturated carbocycles. The molecule has 4 nitrogen and oxygen atoms in total. The number of nitrogens with zero attached hydrogens (tertiary/aromatic N) is 3. The van der Waals surface area contributed by atoms with Crippen LogP contribution in [0.25, 0.3) is 11.0 Å². The fraction of sp³-hybridized carbons (Fsp3) is 0.222. The average molecular weight is 325 g/mol. The number of carbonyl (C=O) groups excluding carboxylic acids is 1. The molecule has 3 aromatic rings. The van der Waals surface area contributed by atoms with Crippen LogP contribution in [-0.2, 0) is 11.8 Å². The van der Waals surface area contributed by atoms with Gasteiger partial charge >= 0.3 is 0 Å². The van der Waals surface area contributed by atoms with E-state index in [4.69, 9.17) is 0 Å². The summed E-state index contributed by atoms with van der Waals surface area (Å²) in [4.78, 5) is 18.9. The molecule has 0 N–H and O–H groups in total. The molecule has 3 rings (SSSR count). The second kappa shape index (κ2) is 6.46. The molecule has 1 heterocycles. The third kappa shape index (κ3) is 3.10. The van der Waals surface area contributed by atoms with Crippen molar-refractivity contribution in [3.8, 4) is 0 Å². The smallest absolute Gasteiger partial charge is 0.240 e. The van der Waals surface area contributed by atoms with E-state index in [1.54, 1.807) is 19.0 Å². The van der Waals surface area contributed by atoms with Gasteiger partial charge in [0.05, 0.1) is 11.0 Å². The molecule has 0 aliphatic carbocycles. The monoisotopic (exact) mass is 325 g/mol. The van der Waals surface area contributed by atoms with Gasteiger partial charge in [0.25, 0.3) is 0 Å². The van der Waals surface area contributed by atoms with Crippen LogP contribution in [0.5, 0.6) is 0 Å². The van der Waals surface area contributed by atoms with Crippen LogP contribution < -0.4 is 0 Å². The molecule has 0 aliphatic heterocycles. The van der Waals surface area contributed by atoms with Crippen LogP contribution in [0.4, 0.5) is 0 Å². The van der Waals surface area contributed by atoms with Crippen LogP contribution in [-0.4, -0.2) is 34.5 Å². The normalized spacial score (nSPS) is 12.3. The summed E-state index contributed by atoms with van der Waals surface area (Å²) in [6.07, 6.45) is 0. The van der Waals surface area contributed by atoms with E-state index in [1.165, 1.54) is 11.8 Å². The molecule has 118 valence electrons. The molecular formula is C18H19N3OS. The summed E-state index contributed by atoms with van der Waals surface area (Å²) in [5, 5.41) is 0.539. The van der Waals surface area contributed by atoms with Crippen molar-refractivity contribution < 1.29 is 4.79 Å². The van der Waals surface area contributed by atoms with E-state index >= 15 is 0 Å². The Labute approximate surface area is 140 Å². The number of carbonyl (C=O) groups is 1. The fourth-order valence-corrected chi connectivity index (χ4v) is 3.68. The number of imidazole rings is 1. The molecule has 0 radical (unpaired) electrons. The molecule has 1 aromatic heterocycles. The number of likely N-dealkylation sites (N-methyl/N-ethyl adjacent to an activating group) is 1. The number of rotatable bonds is 4. The van der Waals surface area contributed by atoms with Gasteiger partial charge in [-0.2, -0.15) is 0 Å². The van der Waals surface area contributed by atoms with Crippen molar-refractivity contribution in [1.82, 2.24) is 14.5 Å². The van der Waals surface area contributed by atoms with Crippen molar-refractivity contribution in [3.63, 3.8) is 0 Å². The Morgan fingerprint density at radius 1 is 1.09 bits per heavy atom. The van der Waals surface area contributed by atoms with Gasteiger partial charge in [0.2, 0.25) is 5.91 Å². The SMILES string of the molecule is CN(C)C(=O)[C@H](Sc1nc2ccccc2n1C)c1ccccc1. The number of benzene rings is 2. The summed E-state index contributed by atoms with van der Waals surface area (Å²) in [5.41, 5.74) is 3.00. The van der Waals surface area contributed by atoms with E-state index in [2.05, 4.69) is 4.98 Å². The van der Waals surface area contributed by atoms with Gasteiger partial charge in [0.15, 0.2) is 5.16 Å². The lowest BCUT2D eigenvalue weighted by Crippen LogP contribution is -2.26. The highest BCUT2D eigenvalue weighted by Gasteiger charge is 2.25. The van der Waals surface area contributed by atoms with E-state index in [1.807, 2.05) is 66.2 Å². The maximum absolute atomic E-state index is 12.6. The zero-order chi connectivity index (χ0) is 16.4. The predicted octanol–water partition coefficient (Wildman–Crippen LogP) is 3.49. The minimum atomic E-state index is -0.304. The molecule has 0 unspecified atom stereocenters. The zero-order valence-electron chi connectivity index (χ0n) is 13.4. The van der Waals surface area contributed by atoms with Crippen molar-refractivity contribution in [2.75, 3.05) is 14.1 Å². The van der Waals surface area contributed by atoms with Gasteiger partial charge in [-0.25, -0.2) is 4.98 Å². The fourth-order valence-electron chi connectivity index (χ4n) is 2.46. The Morgan fingerprint density at radius 2 is 1.74 bits per heavy atom. The summed E-state index contributed by atoms with van der Waals surface area (Å²) >= 11 is 1.49. The minimum Gasteiger partial charge on any atom is -0.348 e. The first-order valence-electron chi connectivity index (χ1n) is 7.42. The van der Waals surface area contributed by atoms with Crippen LogP contribution in [0, 0.1) is 0 Å². The molecule has 2 aromatic carbocycles. The van der Waals surface area contributed by atoms with Crippen LogP contribution in [0.2, 0.25) is 0 Å². The number of aromatic nitrogens is 2. The number of aryl methyl sites for hydroxylation is 1. The molecule has 5 heteroatoms. The zero-order valence-corrected chi connectivity index (χ0v) is 14.2. The number of fused-ring (bicyclic) bond motifs is 1. The third-order valence-corrected chi connectivity index (χ3v) is 5.02. The molecule has 1 amide bonds. The third-order valence-electron chi connectivity index (χ3n) is 3.74. The summed E-state index contributed by atoms with van der Waals surface area (Å²) in [6.45, 7) is 0. The van der Waals surface area contributed by atoms with Crippen LogP contribution in [0.15, 0.2) is 59.8 Å². The first-order chi connectivity index (χ1) is 11.1. The van der Waals surface area contributed by atoms with Gasteiger partial charge in [0.1, 0.15) is 5.25 Å². The second-order valence-corrected chi connectivity index (χ2v) is 6.66. The standard InChI is InChI=1S/C18H19N3OS/c1-20(2)17(22)16(13-9-5-4-6-10-13)23-18-19-14-11-7-8-12-15(14)21(18)3/h4-12,16H,1-3H3/t16-/m1/s1. The van der Waals surface area contributed by atoms with Crippen molar-refractivity contribution in [2.24, 2.45) is 7.05 Å². The van der Waals surface area contributed by atoms with Crippen LogP contribution in [0.1, 0.15) is 10.8 Å². The lowest BCUT2D eigenvalue weighted by molar-refractivity contribution is -0.128. The highest BCUT2D eigenvalue weighted by Crippen LogP contribution is 2.36. The Bertz CT molecular complexity index is 827. The number of hydrogen-bond acceptors (Lipinski definition) is 3.